The van der Waals surface area contributed by atoms with Gasteiger partial charge in [-0.15, -0.1) is 0 Å². The monoisotopic (exact) mass is 336 g/mol. The highest BCUT2D eigenvalue weighted by Gasteiger charge is 2.26. The van der Waals surface area contributed by atoms with E-state index in [9.17, 15) is 14.0 Å². The number of aromatic nitrogens is 1. The maximum Gasteiger partial charge on any atom is 0.263 e. The molecule has 4 rings (SSSR count). The zero-order valence-electron chi connectivity index (χ0n) is 13.8. The molecule has 0 atom stereocenters. The van der Waals surface area contributed by atoms with E-state index in [1.54, 1.807) is 18.0 Å². The summed E-state index contributed by atoms with van der Waals surface area (Å²) in [6.07, 6.45) is 3.21. The number of amides is 1. The minimum atomic E-state index is -0.473. The van der Waals surface area contributed by atoms with Gasteiger partial charge >= 0.3 is 0 Å². The minimum absolute atomic E-state index is 0.0669. The third-order valence-electron chi connectivity index (χ3n) is 4.74. The molecule has 0 spiro atoms. The van der Waals surface area contributed by atoms with Crippen LogP contribution in [0.25, 0.3) is 10.9 Å². The highest BCUT2D eigenvalue weighted by Crippen LogP contribution is 2.28. The number of fused-ring (bicyclic) bond motifs is 2. The molecule has 0 fully saturated rings. The average molecular weight is 336 g/mol. The van der Waals surface area contributed by atoms with E-state index in [-0.39, 0.29) is 22.4 Å². The van der Waals surface area contributed by atoms with Gasteiger partial charge in [-0.2, -0.15) is 0 Å². The first kappa shape index (κ1) is 15.6. The third kappa shape index (κ3) is 2.43. The van der Waals surface area contributed by atoms with Crippen LogP contribution in [0.5, 0.6) is 0 Å². The number of carbonyl (C=O) groups excluding carboxylic acids is 1. The van der Waals surface area contributed by atoms with Gasteiger partial charge in [-0.1, -0.05) is 24.3 Å². The van der Waals surface area contributed by atoms with Crippen molar-refractivity contribution in [1.29, 1.82) is 0 Å². The summed E-state index contributed by atoms with van der Waals surface area (Å²) in [5.41, 5.74) is 1.80. The second-order valence-corrected chi connectivity index (χ2v) is 6.31. The zero-order valence-corrected chi connectivity index (χ0v) is 13.8. The number of halogens is 1. The first-order valence-electron chi connectivity index (χ1n) is 8.25. The number of para-hydroxylation sites is 2. The van der Waals surface area contributed by atoms with E-state index in [0.717, 1.165) is 24.1 Å². The minimum Gasteiger partial charge on any atom is -0.347 e. The van der Waals surface area contributed by atoms with Crippen LogP contribution in [-0.2, 0) is 13.5 Å². The maximum atomic E-state index is 14.1. The van der Waals surface area contributed by atoms with Gasteiger partial charge in [0.25, 0.3) is 5.91 Å². The Balaban J connectivity index is 1.88. The number of benzene rings is 2. The number of hydrogen-bond acceptors (Lipinski definition) is 2. The number of rotatable bonds is 1. The topological polar surface area (TPSA) is 42.3 Å². The predicted molar refractivity (Wildman–Crippen MR) is 95.6 cm³/mol. The molecule has 0 aliphatic carbocycles. The zero-order chi connectivity index (χ0) is 17.6. The Bertz CT molecular complexity index is 1060. The molecule has 2 aromatic carbocycles. The van der Waals surface area contributed by atoms with E-state index in [2.05, 4.69) is 0 Å². The Morgan fingerprint density at radius 1 is 1.12 bits per heavy atom. The molecule has 2 heterocycles. The Morgan fingerprint density at radius 3 is 2.76 bits per heavy atom. The van der Waals surface area contributed by atoms with E-state index in [1.165, 1.54) is 22.9 Å². The van der Waals surface area contributed by atoms with Gasteiger partial charge in [-0.05, 0) is 36.6 Å². The largest absolute Gasteiger partial charge is 0.347 e. The number of nitrogens with zero attached hydrogens (tertiary/aromatic N) is 2. The first-order valence-corrected chi connectivity index (χ1v) is 8.25. The Labute approximate surface area is 144 Å². The lowest BCUT2D eigenvalue weighted by Crippen LogP contribution is -2.38. The molecule has 1 aromatic heterocycles. The van der Waals surface area contributed by atoms with Crippen molar-refractivity contribution in [2.75, 3.05) is 11.4 Å². The van der Waals surface area contributed by atoms with Crippen molar-refractivity contribution in [3.05, 3.63) is 75.8 Å². The summed E-state index contributed by atoms with van der Waals surface area (Å²) in [6.45, 7) is 0.570. The van der Waals surface area contributed by atoms with Gasteiger partial charge in [0.1, 0.15) is 11.4 Å². The van der Waals surface area contributed by atoms with Crippen LogP contribution < -0.4 is 10.3 Å². The maximum absolute atomic E-state index is 14.1. The van der Waals surface area contributed by atoms with Gasteiger partial charge in [0.15, 0.2) is 0 Å². The fraction of sp³-hybridized carbons (Fsp3) is 0.200. The molecular weight excluding hydrogens is 319 g/mol. The summed E-state index contributed by atoms with van der Waals surface area (Å²) in [4.78, 5) is 27.5. The van der Waals surface area contributed by atoms with E-state index in [4.69, 9.17) is 0 Å². The van der Waals surface area contributed by atoms with Crippen LogP contribution in [0.3, 0.4) is 0 Å². The van der Waals surface area contributed by atoms with Crippen LogP contribution >= 0.6 is 0 Å². The SMILES string of the molecule is Cn1cc(C(=O)N2CCCc3ccccc32)c(=O)c2cccc(F)c21. The first-order chi connectivity index (χ1) is 12.1. The van der Waals surface area contributed by atoms with Crippen LogP contribution in [0.4, 0.5) is 10.1 Å². The number of hydrogen-bond donors (Lipinski definition) is 0. The van der Waals surface area contributed by atoms with Crippen molar-refractivity contribution in [3.8, 4) is 0 Å². The number of pyridine rings is 1. The van der Waals surface area contributed by atoms with Crippen LogP contribution in [0.1, 0.15) is 22.3 Å². The molecule has 0 radical (unpaired) electrons. The van der Waals surface area contributed by atoms with Crippen LogP contribution in [0, 0.1) is 5.82 Å². The van der Waals surface area contributed by atoms with E-state index < -0.39 is 11.2 Å². The normalized spacial score (nSPS) is 13.8. The van der Waals surface area contributed by atoms with Crippen molar-refractivity contribution in [1.82, 2.24) is 4.57 Å². The van der Waals surface area contributed by atoms with Gasteiger partial charge in [-0.25, -0.2) is 4.39 Å². The second kappa shape index (κ2) is 5.84. The molecule has 3 aromatic rings. The van der Waals surface area contributed by atoms with Crippen LogP contribution in [0.15, 0.2) is 53.5 Å². The van der Waals surface area contributed by atoms with Gasteiger partial charge in [-0.3, -0.25) is 9.59 Å². The highest BCUT2D eigenvalue weighted by atomic mass is 19.1. The smallest absolute Gasteiger partial charge is 0.263 e. The number of carbonyl (C=O) groups is 1. The molecule has 0 saturated carbocycles. The third-order valence-corrected chi connectivity index (χ3v) is 4.74. The lowest BCUT2D eigenvalue weighted by molar-refractivity contribution is 0.0983. The van der Waals surface area contributed by atoms with Crippen molar-refractivity contribution in [3.63, 3.8) is 0 Å². The van der Waals surface area contributed by atoms with Crippen molar-refractivity contribution in [2.45, 2.75) is 12.8 Å². The number of aryl methyl sites for hydroxylation is 2. The standard InChI is InChI=1S/C20H17FN2O2/c1-22-12-15(19(24)14-8-4-9-16(21)18(14)22)20(25)23-11-5-7-13-6-2-3-10-17(13)23/h2-4,6,8-10,12H,5,7,11H2,1H3. The predicted octanol–water partition coefficient (Wildman–Crippen LogP) is 3.27. The summed E-state index contributed by atoms with van der Waals surface area (Å²) in [5, 5.41) is 0.221. The fourth-order valence-corrected chi connectivity index (χ4v) is 3.56. The molecular formula is C20H17FN2O2. The van der Waals surface area contributed by atoms with E-state index >= 15 is 0 Å². The lowest BCUT2D eigenvalue weighted by Gasteiger charge is -2.29. The summed E-state index contributed by atoms with van der Waals surface area (Å²) >= 11 is 0. The molecule has 126 valence electrons. The molecule has 5 heteroatoms. The Hall–Kier alpha value is -2.95. The summed E-state index contributed by atoms with van der Waals surface area (Å²) in [5.74, 6) is -0.807. The molecule has 1 aliphatic heterocycles. The fourth-order valence-electron chi connectivity index (χ4n) is 3.56. The van der Waals surface area contributed by atoms with Crippen LogP contribution in [-0.4, -0.2) is 17.0 Å². The molecule has 1 aliphatic rings. The summed E-state index contributed by atoms with van der Waals surface area (Å²) in [6, 6.07) is 12.1. The van der Waals surface area contributed by atoms with Crippen LogP contribution in [0.2, 0.25) is 0 Å². The van der Waals surface area contributed by atoms with Crippen molar-refractivity contribution < 1.29 is 9.18 Å². The van der Waals surface area contributed by atoms with Gasteiger partial charge in [0.05, 0.1) is 5.52 Å². The summed E-state index contributed by atoms with van der Waals surface area (Å²) in [7, 11) is 1.64. The molecule has 0 unspecified atom stereocenters. The average Bonchev–Trinajstić information content (AvgIpc) is 2.63. The van der Waals surface area contributed by atoms with E-state index in [1.807, 2.05) is 24.3 Å². The molecule has 0 N–H and O–H groups in total. The Morgan fingerprint density at radius 2 is 1.92 bits per heavy atom. The Kier molecular flexibility index (Phi) is 3.64. The van der Waals surface area contributed by atoms with Crippen molar-refractivity contribution in [2.24, 2.45) is 7.05 Å². The molecule has 25 heavy (non-hydrogen) atoms. The van der Waals surface area contributed by atoms with Gasteiger partial charge in [0.2, 0.25) is 5.43 Å². The highest BCUT2D eigenvalue weighted by molar-refractivity contribution is 6.08. The lowest BCUT2D eigenvalue weighted by atomic mass is 10.0. The second-order valence-electron chi connectivity index (χ2n) is 6.31. The molecule has 1 amide bonds. The number of anilines is 1. The van der Waals surface area contributed by atoms with Crippen molar-refractivity contribution >= 4 is 22.5 Å². The van der Waals surface area contributed by atoms with E-state index in [0.29, 0.717) is 6.54 Å². The van der Waals surface area contributed by atoms with Gasteiger partial charge in [0, 0.05) is 30.9 Å². The quantitative estimate of drug-likeness (QED) is 0.684. The summed E-state index contributed by atoms with van der Waals surface area (Å²) < 4.78 is 15.6. The van der Waals surface area contributed by atoms with Gasteiger partial charge < -0.3 is 9.47 Å². The molecule has 4 nitrogen and oxygen atoms in total. The molecule has 0 bridgehead atoms. The molecule has 0 saturated heterocycles.